The molecule has 1 aliphatic heterocycles. The van der Waals surface area contributed by atoms with E-state index in [1.165, 1.54) is 13.8 Å². The number of nitrogens with zero attached hydrogens (tertiary/aromatic N) is 4. The number of carboxylic acids is 2. The minimum atomic E-state index is -5.62. The molecule has 8 atom stereocenters. The van der Waals surface area contributed by atoms with Crippen LogP contribution < -0.4 is 16.4 Å². The highest BCUT2D eigenvalue weighted by atomic mass is 32.2. The van der Waals surface area contributed by atoms with Crippen LogP contribution in [0.3, 0.4) is 0 Å². The molecular formula is C28H44N7O21P3S. The highest BCUT2D eigenvalue weighted by molar-refractivity contribution is 8.13. The molecule has 0 spiro atoms. The Bertz CT molecular complexity index is 2050. The highest BCUT2D eigenvalue weighted by Crippen LogP contribution is 2.61. The van der Waals surface area contributed by atoms with E-state index in [-0.39, 0.29) is 42.2 Å². The fourth-order valence-corrected chi connectivity index (χ4v) is 8.89. The van der Waals surface area contributed by atoms with Gasteiger partial charge in [-0.2, -0.15) is 4.31 Å². The molecule has 32 heteroatoms. The van der Waals surface area contributed by atoms with Crippen LogP contribution in [0.15, 0.2) is 12.7 Å². The molecule has 2 aromatic heterocycles. The Kier molecular flexibility index (Phi) is 17.4. The monoisotopic (exact) mass is 939 g/mol. The molecule has 2 aromatic rings. The number of nitrogens with two attached hydrogens (primary N) is 1. The standard InChI is InChI=1S/C28H44N7O21P3S/c1-27(2,21(41)24(42)31-5-4-15(36)30-6-7-60-17(39)9-28(3,26(43)44)8-16(37)38)11-53-59(50,51)56-58(48,49)52-10-14-20(55-57(45,46)47)19(40)25(54-14)35-13-34-18-22(29)32-12-33-23(18)35/h12-14,19-21,25,40-41H,4-11H2,1-3H3,(H,30,36)(H,31,42)(H,37,38)(H,43,44)(H,48,49)(H,50,51)(H2,29,32,33)(H2,45,46,47)/t14-,19-,20-,21+,25-,28?/m1/s1. The molecule has 2 amide bonds. The number of hydrogen-bond acceptors (Lipinski definition) is 20. The molecule has 3 rings (SSSR count). The highest BCUT2D eigenvalue weighted by Gasteiger charge is 2.50. The number of aliphatic hydroxyl groups excluding tert-OH is 2. The van der Waals surface area contributed by atoms with Crippen molar-refractivity contribution in [2.24, 2.45) is 10.8 Å². The van der Waals surface area contributed by atoms with E-state index >= 15 is 0 Å². The summed E-state index contributed by atoms with van der Waals surface area (Å²) in [5.41, 5.74) is 2.32. The van der Waals surface area contributed by atoms with Gasteiger partial charge in [-0.3, -0.25) is 42.1 Å². The Labute approximate surface area is 343 Å². The van der Waals surface area contributed by atoms with Crippen molar-refractivity contribution in [3.8, 4) is 0 Å². The van der Waals surface area contributed by atoms with Crippen molar-refractivity contribution in [2.45, 2.75) is 70.7 Å². The van der Waals surface area contributed by atoms with Crippen LogP contribution >= 0.6 is 35.2 Å². The van der Waals surface area contributed by atoms with E-state index in [0.717, 1.165) is 24.1 Å². The normalized spacial score (nSPS) is 21.9. The predicted octanol–water partition coefficient (Wildman–Crippen LogP) is -1.38. The van der Waals surface area contributed by atoms with Gasteiger partial charge in [-0.05, 0) is 6.92 Å². The predicted molar refractivity (Wildman–Crippen MR) is 200 cm³/mol. The number of phosphoric acid groups is 3. The van der Waals surface area contributed by atoms with Crippen molar-refractivity contribution >= 4 is 81.1 Å². The molecule has 0 radical (unpaired) electrons. The molecule has 3 unspecified atom stereocenters. The zero-order valence-corrected chi connectivity index (χ0v) is 35.2. The number of aliphatic carboxylic acids is 2. The van der Waals surface area contributed by atoms with Crippen LogP contribution in [0.25, 0.3) is 11.2 Å². The number of thioether (sulfide) groups is 1. The molecule has 1 saturated heterocycles. The fraction of sp³-hybridized carbons (Fsp3) is 0.643. The maximum absolute atomic E-state index is 12.7. The zero-order chi connectivity index (χ0) is 45.4. The molecule has 0 saturated carbocycles. The lowest BCUT2D eigenvalue weighted by Crippen LogP contribution is -2.46. The van der Waals surface area contributed by atoms with Gasteiger partial charge < -0.3 is 61.1 Å². The first-order valence-electron chi connectivity index (χ1n) is 17.1. The van der Waals surface area contributed by atoms with Crippen molar-refractivity contribution in [1.82, 2.24) is 30.2 Å². The topological polar surface area (TPSA) is 438 Å². The van der Waals surface area contributed by atoms with Crippen LogP contribution in [-0.2, 0) is 60.3 Å². The van der Waals surface area contributed by atoms with Gasteiger partial charge in [0.25, 0.3) is 0 Å². The third-order valence-corrected chi connectivity index (χ3v) is 12.3. The second-order valence-corrected chi connectivity index (χ2v) is 19.3. The lowest BCUT2D eigenvalue weighted by Gasteiger charge is -2.30. The van der Waals surface area contributed by atoms with E-state index in [9.17, 15) is 72.6 Å². The lowest BCUT2D eigenvalue weighted by molar-refractivity contribution is -0.155. The third kappa shape index (κ3) is 14.8. The largest absolute Gasteiger partial charge is 0.481 e. The number of fused-ring (bicyclic) bond motifs is 1. The van der Waals surface area contributed by atoms with E-state index in [4.69, 9.17) is 24.6 Å². The summed E-state index contributed by atoms with van der Waals surface area (Å²) in [5, 5.41) is 43.7. The molecule has 12 N–H and O–H groups in total. The average molecular weight is 940 g/mol. The molecule has 60 heavy (non-hydrogen) atoms. The van der Waals surface area contributed by atoms with Gasteiger partial charge in [-0.25, -0.2) is 28.6 Å². The van der Waals surface area contributed by atoms with Crippen molar-refractivity contribution in [2.75, 3.05) is 37.8 Å². The van der Waals surface area contributed by atoms with Gasteiger partial charge in [0.2, 0.25) is 11.8 Å². The second-order valence-electron chi connectivity index (χ2n) is 13.9. The van der Waals surface area contributed by atoms with Gasteiger partial charge in [0.1, 0.15) is 36.3 Å². The van der Waals surface area contributed by atoms with Crippen molar-refractivity contribution < 1.29 is 100 Å². The first kappa shape index (κ1) is 50.9. The first-order valence-corrected chi connectivity index (χ1v) is 22.6. The Morgan fingerprint density at radius 2 is 1.63 bits per heavy atom. The van der Waals surface area contributed by atoms with Gasteiger partial charge in [0.05, 0.1) is 31.4 Å². The molecule has 0 bridgehead atoms. The van der Waals surface area contributed by atoms with Crippen LogP contribution in [0.5, 0.6) is 0 Å². The summed E-state index contributed by atoms with van der Waals surface area (Å²) in [6.07, 6.45) is -8.62. The van der Waals surface area contributed by atoms with Gasteiger partial charge in [0.15, 0.2) is 22.8 Å². The van der Waals surface area contributed by atoms with E-state index in [2.05, 4.69) is 34.4 Å². The number of carbonyl (C=O) groups excluding carboxylic acids is 3. The molecule has 28 nitrogen and oxygen atoms in total. The average Bonchev–Trinajstić information content (AvgIpc) is 3.67. The summed E-state index contributed by atoms with van der Waals surface area (Å²) >= 11 is 0.685. The Morgan fingerprint density at radius 1 is 0.983 bits per heavy atom. The molecular weight excluding hydrogens is 895 g/mol. The first-order chi connectivity index (χ1) is 27.6. The SMILES string of the molecule is CC(CC(=O)O)(CC(=O)SCCNC(=O)CCNC(=O)[C@H](O)C(C)(C)COP(=O)(O)OP(=O)(O)OC[C@H]1O[C@@H](n2cnc3c(N)ncnc32)[C@H](O)[C@@H]1OP(=O)(O)O)C(=O)O. The maximum atomic E-state index is 12.7. The minimum absolute atomic E-state index is 0.00835. The number of ether oxygens (including phenoxy) is 1. The number of anilines is 1. The summed E-state index contributed by atoms with van der Waals surface area (Å²) in [7, 11) is -16.5. The summed E-state index contributed by atoms with van der Waals surface area (Å²) in [4.78, 5) is 110. The molecule has 0 aliphatic carbocycles. The van der Waals surface area contributed by atoms with Gasteiger partial charge >= 0.3 is 35.4 Å². The summed E-state index contributed by atoms with van der Waals surface area (Å²) in [5.74, 6) is -4.54. The molecule has 0 aromatic carbocycles. The van der Waals surface area contributed by atoms with E-state index < -0.39 is 120 Å². The Morgan fingerprint density at radius 3 is 2.25 bits per heavy atom. The number of hydrogen-bond donors (Lipinski definition) is 11. The number of carbonyl (C=O) groups is 5. The van der Waals surface area contributed by atoms with E-state index in [1.54, 1.807) is 0 Å². The molecule has 3 heterocycles. The number of imidazole rings is 1. The smallest absolute Gasteiger partial charge is 0.481 e. The van der Waals surface area contributed by atoms with Crippen LogP contribution in [-0.4, -0.2) is 145 Å². The Hall–Kier alpha value is -3.50. The Balaban J connectivity index is 1.46. The van der Waals surface area contributed by atoms with E-state index in [1.807, 2.05) is 0 Å². The number of carboxylic acid groups (broad SMARTS) is 2. The number of aliphatic hydroxyl groups is 2. The van der Waals surface area contributed by atoms with Gasteiger partial charge in [0, 0.05) is 37.1 Å². The van der Waals surface area contributed by atoms with Crippen molar-refractivity contribution in [1.29, 1.82) is 0 Å². The number of nitrogen functional groups attached to an aromatic ring is 1. The summed E-state index contributed by atoms with van der Waals surface area (Å²) in [6.45, 7) is 1.05. The van der Waals surface area contributed by atoms with Crippen LogP contribution in [0, 0.1) is 10.8 Å². The number of phosphoric ester groups is 3. The number of aromatic nitrogens is 4. The second kappa shape index (κ2) is 20.6. The lowest BCUT2D eigenvalue weighted by atomic mass is 9.84. The van der Waals surface area contributed by atoms with Crippen molar-refractivity contribution in [3.63, 3.8) is 0 Å². The van der Waals surface area contributed by atoms with Crippen LogP contribution in [0.2, 0.25) is 0 Å². The van der Waals surface area contributed by atoms with E-state index in [0.29, 0.717) is 11.8 Å². The zero-order valence-electron chi connectivity index (χ0n) is 31.7. The third-order valence-electron chi connectivity index (χ3n) is 8.36. The quantitative estimate of drug-likeness (QED) is 0.0427. The van der Waals surface area contributed by atoms with Crippen LogP contribution in [0.4, 0.5) is 5.82 Å². The molecule has 1 aliphatic rings. The number of rotatable bonds is 24. The van der Waals surface area contributed by atoms with Crippen LogP contribution in [0.1, 0.15) is 46.3 Å². The maximum Gasteiger partial charge on any atom is 0.481 e. The van der Waals surface area contributed by atoms with Crippen molar-refractivity contribution in [3.05, 3.63) is 12.7 Å². The number of amides is 2. The molecule has 338 valence electrons. The molecule has 1 fully saturated rings. The van der Waals surface area contributed by atoms with Gasteiger partial charge in [-0.15, -0.1) is 0 Å². The summed E-state index contributed by atoms with van der Waals surface area (Å²) in [6, 6.07) is 0. The van der Waals surface area contributed by atoms with Gasteiger partial charge in [-0.1, -0.05) is 25.6 Å². The summed E-state index contributed by atoms with van der Waals surface area (Å²) < 4.78 is 62.0. The number of nitrogens with one attached hydrogen (secondary N) is 2. The fourth-order valence-electron chi connectivity index (χ4n) is 5.21. The minimum Gasteiger partial charge on any atom is -0.481 e.